The van der Waals surface area contributed by atoms with Crippen LogP contribution < -0.4 is 0 Å². The maximum atomic E-state index is 12.1. The van der Waals surface area contributed by atoms with Crippen molar-refractivity contribution in [2.24, 2.45) is 17.3 Å². The Kier molecular flexibility index (Phi) is 3.36. The van der Waals surface area contributed by atoms with Crippen molar-refractivity contribution in [3.8, 4) is 0 Å². The number of hydrogen-bond donors (Lipinski definition) is 0. The first-order valence-electron chi connectivity index (χ1n) is 6.54. The van der Waals surface area contributed by atoms with E-state index in [0.29, 0.717) is 12.5 Å². The van der Waals surface area contributed by atoms with E-state index >= 15 is 0 Å². The Morgan fingerprint density at radius 2 is 2.12 bits per heavy atom. The Bertz CT molecular complexity index is 287. The maximum absolute atomic E-state index is 12.1. The summed E-state index contributed by atoms with van der Waals surface area (Å²) in [6.07, 6.45) is 10.4. The Labute approximate surface area is 98.1 Å². The minimum absolute atomic E-state index is 0.0289. The third-order valence-corrected chi connectivity index (χ3v) is 4.22. The molecule has 0 N–H and O–H groups in total. The molecule has 2 aliphatic carbocycles. The Hall–Kier alpha value is -0.790. The third kappa shape index (κ3) is 1.90. The Balaban J connectivity index is 2.23. The van der Waals surface area contributed by atoms with Gasteiger partial charge in [0, 0.05) is 5.41 Å². The lowest BCUT2D eigenvalue weighted by atomic mass is 9.64. The lowest BCUT2D eigenvalue weighted by Crippen LogP contribution is -2.40. The fourth-order valence-electron chi connectivity index (χ4n) is 3.53. The molecule has 0 amide bonds. The zero-order valence-corrected chi connectivity index (χ0v) is 10.4. The molecule has 2 aliphatic rings. The highest BCUT2D eigenvalue weighted by Crippen LogP contribution is 2.51. The fraction of sp³-hybridized carbons (Fsp3) is 0.786. The molecular formula is C14H22O2. The van der Waals surface area contributed by atoms with Gasteiger partial charge in [0.15, 0.2) is 0 Å². The van der Waals surface area contributed by atoms with Crippen molar-refractivity contribution in [3.63, 3.8) is 0 Å². The van der Waals surface area contributed by atoms with E-state index in [-0.39, 0.29) is 17.3 Å². The molecule has 0 aliphatic heterocycles. The van der Waals surface area contributed by atoms with E-state index in [4.69, 9.17) is 4.74 Å². The summed E-state index contributed by atoms with van der Waals surface area (Å²) in [6.45, 7) is 4.58. The van der Waals surface area contributed by atoms with Crippen molar-refractivity contribution in [2.45, 2.75) is 46.0 Å². The molecule has 2 heteroatoms. The lowest BCUT2D eigenvalue weighted by molar-refractivity contribution is -0.154. The Morgan fingerprint density at radius 3 is 2.75 bits per heavy atom. The van der Waals surface area contributed by atoms with Crippen molar-refractivity contribution < 1.29 is 9.53 Å². The van der Waals surface area contributed by atoms with Gasteiger partial charge in [0.25, 0.3) is 0 Å². The molecule has 16 heavy (non-hydrogen) atoms. The standard InChI is InChI=1S/C14H22O2/c1-3-16-13(15)12-11(2)7-6-10-14(12)8-4-5-9-14/h6,10-12H,3-5,7-9H2,1-2H3. The zero-order chi connectivity index (χ0) is 11.6. The first kappa shape index (κ1) is 11.7. The molecule has 0 aromatic heterocycles. The number of allylic oxidation sites excluding steroid dienone is 2. The van der Waals surface area contributed by atoms with E-state index in [1.54, 1.807) is 0 Å². The van der Waals surface area contributed by atoms with E-state index in [1.807, 2.05) is 6.92 Å². The van der Waals surface area contributed by atoms with Gasteiger partial charge in [-0.2, -0.15) is 0 Å². The van der Waals surface area contributed by atoms with Gasteiger partial charge in [-0.05, 0) is 32.1 Å². The predicted octanol–water partition coefficient (Wildman–Crippen LogP) is 3.32. The van der Waals surface area contributed by atoms with Gasteiger partial charge in [-0.1, -0.05) is 31.9 Å². The van der Waals surface area contributed by atoms with E-state index in [9.17, 15) is 4.79 Å². The minimum atomic E-state index is 0.0289. The van der Waals surface area contributed by atoms with Crippen molar-refractivity contribution >= 4 is 5.97 Å². The first-order chi connectivity index (χ1) is 7.69. The van der Waals surface area contributed by atoms with Gasteiger partial charge in [0.05, 0.1) is 12.5 Å². The molecule has 90 valence electrons. The number of carbonyl (C=O) groups is 1. The molecule has 1 spiro atoms. The van der Waals surface area contributed by atoms with Gasteiger partial charge in [-0.25, -0.2) is 0 Å². The van der Waals surface area contributed by atoms with E-state index < -0.39 is 0 Å². The summed E-state index contributed by atoms with van der Waals surface area (Å²) in [4.78, 5) is 12.1. The van der Waals surface area contributed by atoms with Crippen LogP contribution in [-0.4, -0.2) is 12.6 Å². The number of hydrogen-bond acceptors (Lipinski definition) is 2. The van der Waals surface area contributed by atoms with Gasteiger partial charge in [-0.3, -0.25) is 4.79 Å². The van der Waals surface area contributed by atoms with Crippen molar-refractivity contribution in [2.75, 3.05) is 6.61 Å². The third-order valence-electron chi connectivity index (χ3n) is 4.22. The molecule has 0 radical (unpaired) electrons. The molecule has 1 fully saturated rings. The number of esters is 1. The number of carbonyl (C=O) groups excluding carboxylic acids is 1. The smallest absolute Gasteiger partial charge is 0.310 e. The van der Waals surface area contributed by atoms with Crippen LogP contribution >= 0.6 is 0 Å². The van der Waals surface area contributed by atoms with Crippen LogP contribution in [0.5, 0.6) is 0 Å². The second-order valence-corrected chi connectivity index (χ2v) is 5.29. The summed E-state index contributed by atoms with van der Waals surface area (Å²) in [7, 11) is 0. The van der Waals surface area contributed by atoms with Crippen LogP contribution in [-0.2, 0) is 9.53 Å². The lowest BCUT2D eigenvalue weighted by Gasteiger charge is -2.39. The number of ether oxygens (including phenoxy) is 1. The van der Waals surface area contributed by atoms with Gasteiger partial charge < -0.3 is 4.74 Å². The van der Waals surface area contributed by atoms with Crippen LogP contribution in [0, 0.1) is 17.3 Å². The monoisotopic (exact) mass is 222 g/mol. The second kappa shape index (κ2) is 4.60. The average Bonchev–Trinajstić information content (AvgIpc) is 2.67. The van der Waals surface area contributed by atoms with Crippen LogP contribution in [0.2, 0.25) is 0 Å². The molecule has 2 rings (SSSR count). The van der Waals surface area contributed by atoms with E-state index in [2.05, 4.69) is 19.1 Å². The normalized spacial score (nSPS) is 31.9. The van der Waals surface area contributed by atoms with Gasteiger partial charge in [0.1, 0.15) is 0 Å². The molecule has 2 unspecified atom stereocenters. The minimum Gasteiger partial charge on any atom is -0.466 e. The van der Waals surface area contributed by atoms with E-state index in [0.717, 1.165) is 19.3 Å². The average molecular weight is 222 g/mol. The summed E-state index contributed by atoms with van der Waals surface area (Å²) in [5.41, 5.74) is 0.129. The van der Waals surface area contributed by atoms with Crippen molar-refractivity contribution in [1.29, 1.82) is 0 Å². The summed E-state index contributed by atoms with van der Waals surface area (Å²) >= 11 is 0. The van der Waals surface area contributed by atoms with Crippen LogP contribution in [0.15, 0.2) is 12.2 Å². The summed E-state index contributed by atoms with van der Waals surface area (Å²) in [5.74, 6) is 0.559. The SMILES string of the molecule is CCOC(=O)C1C(C)CC=CC12CCCC2. The first-order valence-corrected chi connectivity index (χ1v) is 6.54. The molecule has 0 heterocycles. The fourth-order valence-corrected chi connectivity index (χ4v) is 3.53. The quantitative estimate of drug-likeness (QED) is 0.529. The largest absolute Gasteiger partial charge is 0.466 e. The topological polar surface area (TPSA) is 26.3 Å². The van der Waals surface area contributed by atoms with Crippen LogP contribution in [0.3, 0.4) is 0 Å². The van der Waals surface area contributed by atoms with Crippen molar-refractivity contribution in [1.82, 2.24) is 0 Å². The van der Waals surface area contributed by atoms with Gasteiger partial charge in [-0.15, -0.1) is 0 Å². The molecule has 0 bridgehead atoms. The molecule has 0 aromatic rings. The van der Waals surface area contributed by atoms with Gasteiger partial charge >= 0.3 is 5.97 Å². The molecule has 2 atom stereocenters. The molecule has 1 saturated carbocycles. The molecule has 2 nitrogen and oxygen atoms in total. The highest BCUT2D eigenvalue weighted by Gasteiger charge is 2.47. The van der Waals surface area contributed by atoms with Crippen LogP contribution in [0.1, 0.15) is 46.0 Å². The van der Waals surface area contributed by atoms with E-state index in [1.165, 1.54) is 12.8 Å². The zero-order valence-electron chi connectivity index (χ0n) is 10.4. The summed E-state index contributed by atoms with van der Waals surface area (Å²) < 4.78 is 5.27. The molecule has 0 saturated heterocycles. The molecular weight excluding hydrogens is 200 g/mol. The van der Waals surface area contributed by atoms with Gasteiger partial charge in [0.2, 0.25) is 0 Å². The number of rotatable bonds is 2. The van der Waals surface area contributed by atoms with Crippen LogP contribution in [0.4, 0.5) is 0 Å². The maximum Gasteiger partial charge on any atom is 0.310 e. The summed E-state index contributed by atoms with van der Waals surface area (Å²) in [5, 5.41) is 0. The highest BCUT2D eigenvalue weighted by atomic mass is 16.5. The predicted molar refractivity (Wildman–Crippen MR) is 63.9 cm³/mol. The van der Waals surface area contributed by atoms with Crippen LogP contribution in [0.25, 0.3) is 0 Å². The van der Waals surface area contributed by atoms with Crippen molar-refractivity contribution in [3.05, 3.63) is 12.2 Å². The highest BCUT2D eigenvalue weighted by molar-refractivity contribution is 5.74. The molecule has 0 aromatic carbocycles. The summed E-state index contributed by atoms with van der Waals surface area (Å²) in [6, 6.07) is 0. The Morgan fingerprint density at radius 1 is 1.44 bits per heavy atom. The second-order valence-electron chi connectivity index (χ2n) is 5.29.